The van der Waals surface area contributed by atoms with E-state index in [9.17, 15) is 9.59 Å². The van der Waals surface area contributed by atoms with Crippen LogP contribution in [0.15, 0.2) is 0 Å². The summed E-state index contributed by atoms with van der Waals surface area (Å²) in [5.74, 6) is -0.375. The van der Waals surface area contributed by atoms with Gasteiger partial charge in [0, 0.05) is 25.8 Å². The Morgan fingerprint density at radius 2 is 2.06 bits per heavy atom. The van der Waals surface area contributed by atoms with Crippen LogP contribution in [0.5, 0.6) is 0 Å². The van der Waals surface area contributed by atoms with Gasteiger partial charge in [0.25, 0.3) is 0 Å². The fourth-order valence-corrected chi connectivity index (χ4v) is 2.01. The van der Waals surface area contributed by atoms with Crippen molar-refractivity contribution in [3.05, 3.63) is 0 Å². The minimum absolute atomic E-state index is 0.0326. The molecule has 0 aliphatic carbocycles. The van der Waals surface area contributed by atoms with Crippen molar-refractivity contribution >= 4 is 24.5 Å². The van der Waals surface area contributed by atoms with Gasteiger partial charge in [-0.15, -0.1) is 0 Å². The highest BCUT2D eigenvalue weighted by Gasteiger charge is 2.25. The molecule has 0 saturated carbocycles. The van der Waals surface area contributed by atoms with Crippen molar-refractivity contribution in [3.63, 3.8) is 0 Å². The molecule has 1 amide bonds. The van der Waals surface area contributed by atoms with Crippen LogP contribution in [-0.2, 0) is 14.3 Å². The van der Waals surface area contributed by atoms with Crippen LogP contribution in [0.1, 0.15) is 19.8 Å². The molecule has 1 atom stereocenters. The third-order valence-corrected chi connectivity index (χ3v) is 3.16. The SMILES string of the molecule is CC(=O)N[C@@H](CS)C(=O)OC1CCN(C)CC1. The van der Waals surface area contributed by atoms with Crippen molar-refractivity contribution in [2.45, 2.75) is 31.9 Å². The number of thiol groups is 1. The summed E-state index contributed by atoms with van der Waals surface area (Å²) in [5, 5.41) is 2.53. The van der Waals surface area contributed by atoms with E-state index in [2.05, 4.69) is 22.8 Å². The molecule has 5 nitrogen and oxygen atoms in total. The minimum atomic E-state index is -0.643. The number of nitrogens with one attached hydrogen (secondary N) is 1. The highest BCUT2D eigenvalue weighted by Crippen LogP contribution is 2.13. The number of ether oxygens (including phenoxy) is 1. The van der Waals surface area contributed by atoms with E-state index < -0.39 is 6.04 Å². The zero-order chi connectivity index (χ0) is 12.8. The van der Waals surface area contributed by atoms with Crippen molar-refractivity contribution in [1.82, 2.24) is 10.2 Å². The van der Waals surface area contributed by atoms with E-state index >= 15 is 0 Å². The Labute approximate surface area is 107 Å². The molecule has 1 N–H and O–H groups in total. The van der Waals surface area contributed by atoms with Crippen LogP contribution in [0.3, 0.4) is 0 Å². The van der Waals surface area contributed by atoms with Crippen molar-refractivity contribution < 1.29 is 14.3 Å². The molecule has 17 heavy (non-hydrogen) atoms. The number of carbonyl (C=O) groups excluding carboxylic acids is 2. The van der Waals surface area contributed by atoms with E-state index in [0.29, 0.717) is 0 Å². The lowest BCUT2D eigenvalue weighted by Gasteiger charge is -2.29. The molecule has 0 spiro atoms. The van der Waals surface area contributed by atoms with Crippen LogP contribution in [0.4, 0.5) is 0 Å². The smallest absolute Gasteiger partial charge is 0.329 e. The Balaban J connectivity index is 2.38. The Hall–Kier alpha value is -0.750. The summed E-state index contributed by atoms with van der Waals surface area (Å²) in [6.07, 6.45) is 1.67. The quantitative estimate of drug-likeness (QED) is 0.554. The van der Waals surface area contributed by atoms with Crippen LogP contribution < -0.4 is 5.32 Å². The molecular weight excluding hydrogens is 240 g/mol. The number of nitrogens with zero attached hydrogens (tertiary/aromatic N) is 1. The molecule has 0 radical (unpaired) electrons. The van der Waals surface area contributed by atoms with Gasteiger partial charge in [-0.25, -0.2) is 4.79 Å². The number of amides is 1. The van der Waals surface area contributed by atoms with Gasteiger partial charge in [0.2, 0.25) is 5.91 Å². The molecule has 1 heterocycles. The fraction of sp³-hybridized carbons (Fsp3) is 0.818. The molecular formula is C11H20N2O3S. The predicted octanol–water partition coefficient (Wildman–Crippen LogP) is 0.0583. The van der Waals surface area contributed by atoms with Gasteiger partial charge >= 0.3 is 5.97 Å². The molecule has 0 unspecified atom stereocenters. The lowest BCUT2D eigenvalue weighted by atomic mass is 10.1. The highest BCUT2D eigenvalue weighted by molar-refractivity contribution is 7.80. The summed E-state index contributed by atoms with van der Waals surface area (Å²) in [6, 6.07) is -0.643. The minimum Gasteiger partial charge on any atom is -0.461 e. The molecule has 0 aromatic carbocycles. The molecule has 1 fully saturated rings. The Bertz CT molecular complexity index is 278. The number of likely N-dealkylation sites (tertiary alicyclic amines) is 1. The van der Waals surface area contributed by atoms with Crippen LogP contribution in [0, 0.1) is 0 Å². The van der Waals surface area contributed by atoms with Gasteiger partial charge in [0.05, 0.1) is 0 Å². The number of piperidine rings is 1. The first kappa shape index (κ1) is 14.3. The van der Waals surface area contributed by atoms with E-state index in [4.69, 9.17) is 4.74 Å². The molecule has 1 aliphatic rings. The van der Waals surface area contributed by atoms with Crippen molar-refractivity contribution in [1.29, 1.82) is 0 Å². The largest absolute Gasteiger partial charge is 0.461 e. The molecule has 0 aromatic heterocycles. The molecule has 1 rings (SSSR count). The van der Waals surface area contributed by atoms with Crippen LogP contribution in [0.25, 0.3) is 0 Å². The van der Waals surface area contributed by atoms with E-state index in [1.165, 1.54) is 6.92 Å². The summed E-state index contributed by atoms with van der Waals surface area (Å²) < 4.78 is 5.36. The summed E-state index contributed by atoms with van der Waals surface area (Å²) in [6.45, 7) is 3.24. The monoisotopic (exact) mass is 260 g/mol. The van der Waals surface area contributed by atoms with Gasteiger partial charge in [0.1, 0.15) is 12.1 Å². The van der Waals surface area contributed by atoms with E-state index in [1.54, 1.807) is 0 Å². The number of carbonyl (C=O) groups is 2. The summed E-state index contributed by atoms with van der Waals surface area (Å²) in [4.78, 5) is 24.9. The van der Waals surface area contributed by atoms with Crippen molar-refractivity contribution in [2.75, 3.05) is 25.9 Å². The lowest BCUT2D eigenvalue weighted by molar-refractivity contribution is -0.154. The second-order valence-electron chi connectivity index (χ2n) is 4.38. The first-order valence-electron chi connectivity index (χ1n) is 5.80. The average molecular weight is 260 g/mol. The van der Waals surface area contributed by atoms with Gasteiger partial charge in [-0.3, -0.25) is 4.79 Å². The predicted molar refractivity (Wildman–Crippen MR) is 68.1 cm³/mol. The standard InChI is InChI=1S/C11H20N2O3S/c1-8(14)12-10(7-17)11(15)16-9-3-5-13(2)6-4-9/h9-10,17H,3-7H2,1-2H3,(H,12,14)/t10-/m0/s1. The van der Waals surface area contributed by atoms with Gasteiger partial charge in [0.15, 0.2) is 0 Å². The summed E-state index contributed by atoms with van der Waals surface area (Å²) >= 11 is 4.04. The molecule has 0 aromatic rings. The Morgan fingerprint density at radius 3 is 2.53 bits per heavy atom. The molecule has 98 valence electrons. The van der Waals surface area contributed by atoms with Crippen LogP contribution >= 0.6 is 12.6 Å². The molecule has 6 heteroatoms. The van der Waals surface area contributed by atoms with Crippen LogP contribution in [-0.4, -0.2) is 54.8 Å². The average Bonchev–Trinajstić information content (AvgIpc) is 2.28. The molecule has 1 aliphatic heterocycles. The second-order valence-corrected chi connectivity index (χ2v) is 4.74. The first-order valence-corrected chi connectivity index (χ1v) is 6.43. The van der Waals surface area contributed by atoms with Gasteiger partial charge in [-0.1, -0.05) is 0 Å². The Morgan fingerprint density at radius 1 is 1.47 bits per heavy atom. The number of hydrogen-bond acceptors (Lipinski definition) is 5. The maximum atomic E-state index is 11.8. The lowest BCUT2D eigenvalue weighted by Crippen LogP contribution is -2.45. The Kier molecular flexibility index (Phi) is 5.77. The third kappa shape index (κ3) is 4.95. The maximum absolute atomic E-state index is 11.8. The second kappa shape index (κ2) is 6.86. The van der Waals surface area contributed by atoms with Gasteiger partial charge in [-0.05, 0) is 19.9 Å². The third-order valence-electron chi connectivity index (χ3n) is 2.79. The number of esters is 1. The van der Waals surface area contributed by atoms with Gasteiger partial charge in [-0.2, -0.15) is 12.6 Å². The topological polar surface area (TPSA) is 58.6 Å². The number of rotatable bonds is 4. The number of hydrogen-bond donors (Lipinski definition) is 2. The van der Waals surface area contributed by atoms with Crippen molar-refractivity contribution in [2.24, 2.45) is 0 Å². The van der Waals surface area contributed by atoms with Gasteiger partial charge < -0.3 is 15.0 Å². The first-order chi connectivity index (χ1) is 8.02. The zero-order valence-corrected chi connectivity index (χ0v) is 11.2. The zero-order valence-electron chi connectivity index (χ0n) is 10.3. The van der Waals surface area contributed by atoms with E-state index in [1.807, 2.05) is 7.05 Å². The normalized spacial score (nSPS) is 19.7. The van der Waals surface area contributed by atoms with E-state index in [0.717, 1.165) is 25.9 Å². The summed E-state index contributed by atoms with van der Waals surface area (Å²) in [7, 11) is 2.05. The van der Waals surface area contributed by atoms with Crippen molar-refractivity contribution in [3.8, 4) is 0 Å². The van der Waals surface area contributed by atoms with E-state index in [-0.39, 0.29) is 23.7 Å². The fourth-order valence-electron chi connectivity index (χ4n) is 1.77. The summed E-state index contributed by atoms with van der Waals surface area (Å²) in [5.41, 5.74) is 0. The highest BCUT2D eigenvalue weighted by atomic mass is 32.1. The molecule has 0 bridgehead atoms. The maximum Gasteiger partial charge on any atom is 0.329 e. The van der Waals surface area contributed by atoms with Crippen LogP contribution in [0.2, 0.25) is 0 Å². The molecule has 1 saturated heterocycles.